The summed E-state index contributed by atoms with van der Waals surface area (Å²) in [5.74, 6) is 0.204. The van der Waals surface area contributed by atoms with Crippen molar-refractivity contribution in [1.29, 1.82) is 10.5 Å². The second-order valence-corrected chi connectivity index (χ2v) is 9.74. The van der Waals surface area contributed by atoms with Crippen LogP contribution in [0, 0.1) is 22.7 Å². The molecular formula is C22H24N8O2S. The number of nitriles is 2. The normalized spacial score (nSPS) is 20.2. The molecule has 2 saturated heterocycles. The minimum atomic E-state index is -1.80. The summed E-state index contributed by atoms with van der Waals surface area (Å²) in [6.07, 6.45) is 9.32. The van der Waals surface area contributed by atoms with Crippen LogP contribution in [0.15, 0.2) is 30.9 Å². The van der Waals surface area contributed by atoms with Gasteiger partial charge in [-0.15, -0.1) is 0 Å². The third kappa shape index (κ3) is 3.94. The number of fused-ring (bicyclic) bond motifs is 1. The number of likely N-dealkylation sites (tertiary alicyclic amines) is 2. The highest BCUT2D eigenvalue weighted by Crippen LogP contribution is 2.38. The molecule has 0 radical (unpaired) electrons. The average Bonchev–Trinajstić information content (AvgIpc) is 3.45. The van der Waals surface area contributed by atoms with E-state index in [9.17, 15) is 14.7 Å². The number of aromatic amines is 1. The lowest BCUT2D eigenvalue weighted by molar-refractivity contribution is -0.0418. The van der Waals surface area contributed by atoms with Crippen molar-refractivity contribution in [3.05, 3.63) is 36.4 Å². The Hall–Kier alpha value is -3.09. The molecule has 5 heterocycles. The van der Waals surface area contributed by atoms with Crippen LogP contribution in [0.25, 0.3) is 22.2 Å². The van der Waals surface area contributed by atoms with Gasteiger partial charge in [-0.3, -0.25) is 14.5 Å². The van der Waals surface area contributed by atoms with Crippen molar-refractivity contribution in [2.24, 2.45) is 0 Å². The number of piperidine rings is 1. The third-order valence-electron chi connectivity index (χ3n) is 6.83. The number of H-pyrrole nitrogens is 1. The highest BCUT2D eigenvalue weighted by Gasteiger charge is 2.48. The van der Waals surface area contributed by atoms with Crippen molar-refractivity contribution < 1.29 is 8.76 Å². The van der Waals surface area contributed by atoms with Crippen LogP contribution < -0.4 is 0 Å². The summed E-state index contributed by atoms with van der Waals surface area (Å²) in [6, 6.07) is 6.87. The van der Waals surface area contributed by atoms with Crippen LogP contribution in [0.3, 0.4) is 0 Å². The molecule has 2 fully saturated rings. The highest BCUT2D eigenvalue weighted by atomic mass is 32.2. The predicted octanol–water partition coefficient (Wildman–Crippen LogP) is 1.87. The fourth-order valence-corrected chi connectivity index (χ4v) is 5.71. The Morgan fingerprint density at radius 2 is 2.06 bits per heavy atom. The number of hydrogen-bond donors (Lipinski definition) is 2. The lowest BCUT2D eigenvalue weighted by Crippen LogP contribution is -2.66. The van der Waals surface area contributed by atoms with Crippen molar-refractivity contribution in [2.75, 3.05) is 32.1 Å². The fourth-order valence-electron chi connectivity index (χ4n) is 5.14. The molecule has 3 aromatic heterocycles. The molecule has 5 rings (SSSR count). The van der Waals surface area contributed by atoms with Gasteiger partial charge in [-0.2, -0.15) is 15.6 Å². The van der Waals surface area contributed by atoms with Gasteiger partial charge in [-0.1, -0.05) is 0 Å². The van der Waals surface area contributed by atoms with Gasteiger partial charge in [0.1, 0.15) is 23.1 Å². The Labute approximate surface area is 193 Å². The van der Waals surface area contributed by atoms with E-state index in [-0.39, 0.29) is 5.88 Å². The summed E-state index contributed by atoms with van der Waals surface area (Å²) in [5, 5.41) is 24.7. The van der Waals surface area contributed by atoms with Crippen molar-refractivity contribution >= 4 is 22.1 Å². The Bertz CT molecular complexity index is 1270. The lowest BCUT2D eigenvalue weighted by Gasteiger charge is -2.53. The molecule has 0 aromatic carbocycles. The molecule has 0 spiro atoms. The van der Waals surface area contributed by atoms with E-state index in [1.54, 1.807) is 18.6 Å². The van der Waals surface area contributed by atoms with Crippen molar-refractivity contribution in [3.63, 3.8) is 0 Å². The minimum absolute atomic E-state index is 0.204. The molecule has 0 aliphatic carbocycles. The summed E-state index contributed by atoms with van der Waals surface area (Å²) in [5.41, 5.74) is 2.44. The predicted molar refractivity (Wildman–Crippen MR) is 122 cm³/mol. The monoisotopic (exact) mass is 464 g/mol. The topological polar surface area (TPSA) is 138 Å². The van der Waals surface area contributed by atoms with Crippen LogP contribution >= 0.6 is 0 Å². The van der Waals surface area contributed by atoms with E-state index in [1.165, 1.54) is 0 Å². The SMILES string of the molecule is N#CCC1(n2cc(-c3c(C#N)cnc4[nH]ccc34)cn2)CN(C2CCN(CS(=O)O)CC2)C1. The Morgan fingerprint density at radius 1 is 1.27 bits per heavy atom. The van der Waals surface area contributed by atoms with Crippen molar-refractivity contribution in [2.45, 2.75) is 30.8 Å². The van der Waals surface area contributed by atoms with E-state index in [0.29, 0.717) is 18.0 Å². The molecule has 170 valence electrons. The Balaban J connectivity index is 1.35. The smallest absolute Gasteiger partial charge is 0.167 e. The molecule has 2 N–H and O–H groups in total. The van der Waals surface area contributed by atoms with E-state index < -0.39 is 16.6 Å². The van der Waals surface area contributed by atoms with Gasteiger partial charge in [0.05, 0.1) is 24.3 Å². The molecule has 1 unspecified atom stereocenters. The van der Waals surface area contributed by atoms with E-state index in [4.69, 9.17) is 4.55 Å². The number of nitrogens with zero attached hydrogens (tertiary/aromatic N) is 7. The number of pyridine rings is 1. The molecule has 0 saturated carbocycles. The summed E-state index contributed by atoms with van der Waals surface area (Å²) in [4.78, 5) is 11.8. The van der Waals surface area contributed by atoms with Crippen LogP contribution in [0.5, 0.6) is 0 Å². The molecule has 2 aliphatic heterocycles. The molecule has 0 bridgehead atoms. The number of rotatable bonds is 6. The molecule has 0 amide bonds. The zero-order valence-electron chi connectivity index (χ0n) is 18.0. The van der Waals surface area contributed by atoms with E-state index in [0.717, 1.165) is 61.2 Å². The fraction of sp³-hybridized carbons (Fsp3) is 0.455. The second kappa shape index (κ2) is 8.69. The molecule has 33 heavy (non-hydrogen) atoms. The number of nitrogens with one attached hydrogen (secondary N) is 1. The van der Waals surface area contributed by atoms with Crippen LogP contribution in [-0.4, -0.2) is 76.4 Å². The largest absolute Gasteiger partial charge is 0.346 e. The van der Waals surface area contributed by atoms with Gasteiger partial charge in [-0.05, 0) is 18.9 Å². The minimum Gasteiger partial charge on any atom is -0.346 e. The summed E-state index contributed by atoms with van der Waals surface area (Å²) in [6.45, 7) is 3.07. The standard InChI is InChI=1S/C22H24N8O2S/c23-5-4-22(13-29(14-22)18-2-7-28(8-3-18)15-33(31)32)30-12-17(11-27-30)20-16(9-24)10-26-21-19(20)1-6-25-21/h1,6,10-12,18H,2-4,7-8,13-15H2,(H,25,26)(H,31,32). The van der Waals surface area contributed by atoms with Crippen molar-refractivity contribution in [3.8, 4) is 23.3 Å². The van der Waals surface area contributed by atoms with E-state index >= 15 is 0 Å². The quantitative estimate of drug-likeness (QED) is 0.527. The highest BCUT2D eigenvalue weighted by molar-refractivity contribution is 7.79. The first kappa shape index (κ1) is 21.7. The van der Waals surface area contributed by atoms with Crippen LogP contribution in [0.2, 0.25) is 0 Å². The van der Waals surface area contributed by atoms with Gasteiger partial charge in [0, 0.05) is 67.3 Å². The Morgan fingerprint density at radius 3 is 2.76 bits per heavy atom. The molecule has 11 heteroatoms. The maximum absolute atomic E-state index is 11.1. The second-order valence-electron chi connectivity index (χ2n) is 8.84. The van der Waals surface area contributed by atoms with Crippen LogP contribution in [-0.2, 0) is 16.6 Å². The van der Waals surface area contributed by atoms with Gasteiger partial charge < -0.3 is 9.54 Å². The first-order valence-corrected chi connectivity index (χ1v) is 12.1. The molecule has 10 nitrogen and oxygen atoms in total. The average molecular weight is 465 g/mol. The first-order chi connectivity index (χ1) is 16.0. The first-order valence-electron chi connectivity index (χ1n) is 10.9. The summed E-state index contributed by atoms with van der Waals surface area (Å²) < 4.78 is 22.1. The molecule has 3 aromatic rings. The van der Waals surface area contributed by atoms with Gasteiger partial charge >= 0.3 is 0 Å². The summed E-state index contributed by atoms with van der Waals surface area (Å²) in [7, 11) is 0. The lowest BCUT2D eigenvalue weighted by atomic mass is 9.84. The van der Waals surface area contributed by atoms with E-state index in [1.807, 2.05) is 21.8 Å². The molecule has 2 aliphatic rings. The maximum atomic E-state index is 11.1. The van der Waals surface area contributed by atoms with Gasteiger partial charge in [-0.25, -0.2) is 9.19 Å². The van der Waals surface area contributed by atoms with Gasteiger partial charge in [0.15, 0.2) is 11.1 Å². The van der Waals surface area contributed by atoms with Gasteiger partial charge in [0.25, 0.3) is 0 Å². The number of hydrogen-bond acceptors (Lipinski definition) is 7. The summed E-state index contributed by atoms with van der Waals surface area (Å²) >= 11 is -1.80. The molecule has 1 atom stereocenters. The number of aromatic nitrogens is 4. The zero-order valence-corrected chi connectivity index (χ0v) is 18.8. The van der Waals surface area contributed by atoms with Crippen LogP contribution in [0.1, 0.15) is 24.8 Å². The van der Waals surface area contributed by atoms with Crippen molar-refractivity contribution in [1.82, 2.24) is 29.5 Å². The zero-order chi connectivity index (χ0) is 23.0. The van der Waals surface area contributed by atoms with Crippen LogP contribution in [0.4, 0.5) is 0 Å². The molecular weight excluding hydrogens is 440 g/mol. The Kier molecular flexibility index (Phi) is 5.72. The van der Waals surface area contributed by atoms with E-state index in [2.05, 4.69) is 32.1 Å². The maximum Gasteiger partial charge on any atom is 0.167 e. The van der Waals surface area contributed by atoms with Gasteiger partial charge in [0.2, 0.25) is 0 Å². The third-order valence-corrected chi connectivity index (χ3v) is 7.42.